The van der Waals surface area contributed by atoms with Gasteiger partial charge in [0.2, 0.25) is 0 Å². The minimum absolute atomic E-state index is 0.113. The molecule has 1 rings (SSSR count). The zero-order chi connectivity index (χ0) is 14.2. The number of nitrogens with two attached hydrogens (primary N) is 1. The van der Waals surface area contributed by atoms with Crippen LogP contribution >= 0.6 is 0 Å². The van der Waals surface area contributed by atoms with Gasteiger partial charge < -0.3 is 10.6 Å². The lowest BCUT2D eigenvalue weighted by Gasteiger charge is -2.44. The van der Waals surface area contributed by atoms with Gasteiger partial charge >= 0.3 is 6.18 Å². The second-order valence-electron chi connectivity index (χ2n) is 6.70. The van der Waals surface area contributed by atoms with Gasteiger partial charge in [0.1, 0.15) is 0 Å². The van der Waals surface area contributed by atoms with E-state index in [9.17, 15) is 13.2 Å². The van der Waals surface area contributed by atoms with Crippen LogP contribution in [-0.2, 0) is 0 Å². The first kappa shape index (κ1) is 15.8. The van der Waals surface area contributed by atoms with Crippen LogP contribution in [0.2, 0.25) is 0 Å². The van der Waals surface area contributed by atoms with Crippen LogP contribution in [-0.4, -0.2) is 36.2 Å². The van der Waals surface area contributed by atoms with Gasteiger partial charge in [0.05, 0.1) is 5.92 Å². The van der Waals surface area contributed by atoms with Crippen LogP contribution in [0.25, 0.3) is 0 Å². The van der Waals surface area contributed by atoms with E-state index in [1.54, 1.807) is 0 Å². The molecular weight excluding hydrogens is 241 g/mol. The second-order valence-corrected chi connectivity index (χ2v) is 6.70. The van der Waals surface area contributed by atoms with Gasteiger partial charge in [-0.1, -0.05) is 13.8 Å². The molecule has 0 aromatic rings. The smallest absolute Gasteiger partial charge is 0.325 e. The Balaban J connectivity index is 2.50. The minimum atomic E-state index is -4.03. The Morgan fingerprint density at radius 1 is 1.06 bits per heavy atom. The van der Waals surface area contributed by atoms with E-state index in [1.165, 1.54) is 0 Å². The molecule has 0 unspecified atom stereocenters. The van der Waals surface area contributed by atoms with Gasteiger partial charge in [-0.3, -0.25) is 0 Å². The quantitative estimate of drug-likeness (QED) is 0.850. The van der Waals surface area contributed by atoms with E-state index >= 15 is 0 Å². The monoisotopic (exact) mass is 266 g/mol. The van der Waals surface area contributed by atoms with E-state index in [4.69, 9.17) is 5.73 Å². The highest BCUT2D eigenvalue weighted by molar-refractivity contribution is 4.93. The van der Waals surface area contributed by atoms with Crippen molar-refractivity contribution in [2.45, 2.75) is 52.3 Å². The molecule has 0 amide bonds. The molecule has 1 saturated heterocycles. The number of halogens is 3. The molecule has 0 spiro atoms. The standard InChI is InChI=1S/C13H25F3N2/c1-11(2,12(3,4)17)9-18-7-5-10(6-8-18)13(14,15)16/h10H,5-9,17H2,1-4H3. The van der Waals surface area contributed by atoms with Crippen LogP contribution in [0.5, 0.6) is 0 Å². The molecule has 0 radical (unpaired) electrons. The normalized spacial score (nSPS) is 21.3. The molecule has 0 atom stereocenters. The number of hydrogen-bond donors (Lipinski definition) is 1. The third kappa shape index (κ3) is 3.85. The maximum atomic E-state index is 12.6. The summed E-state index contributed by atoms with van der Waals surface area (Å²) in [5, 5.41) is 0. The highest BCUT2D eigenvalue weighted by atomic mass is 19.4. The molecule has 108 valence electrons. The molecule has 0 aromatic carbocycles. The summed E-state index contributed by atoms with van der Waals surface area (Å²) in [6, 6.07) is 0. The van der Waals surface area contributed by atoms with Crippen molar-refractivity contribution in [2.24, 2.45) is 17.1 Å². The summed E-state index contributed by atoms with van der Waals surface area (Å²) >= 11 is 0. The molecule has 0 bridgehead atoms. The Morgan fingerprint density at radius 3 is 1.83 bits per heavy atom. The van der Waals surface area contributed by atoms with Gasteiger partial charge in [-0.05, 0) is 45.2 Å². The SMILES string of the molecule is CC(C)(N)C(C)(C)CN1CCC(C(F)(F)F)CC1. The van der Waals surface area contributed by atoms with E-state index in [1.807, 2.05) is 13.8 Å². The number of nitrogens with zero attached hydrogens (tertiary/aromatic N) is 1. The first-order valence-electron chi connectivity index (χ1n) is 6.51. The molecule has 0 aromatic heterocycles. The van der Waals surface area contributed by atoms with Crippen LogP contribution in [0, 0.1) is 11.3 Å². The fourth-order valence-electron chi connectivity index (χ4n) is 2.18. The third-order valence-electron chi connectivity index (χ3n) is 4.41. The molecule has 2 nitrogen and oxygen atoms in total. The summed E-state index contributed by atoms with van der Waals surface area (Å²) < 4.78 is 37.7. The molecule has 1 aliphatic rings. The predicted octanol–water partition coefficient (Wildman–Crippen LogP) is 3.02. The van der Waals surface area contributed by atoms with Gasteiger partial charge in [0, 0.05) is 12.1 Å². The van der Waals surface area contributed by atoms with Crippen LogP contribution in [0.4, 0.5) is 13.2 Å². The molecule has 1 aliphatic heterocycles. The third-order valence-corrected chi connectivity index (χ3v) is 4.41. The predicted molar refractivity (Wildman–Crippen MR) is 67.3 cm³/mol. The molecule has 2 N–H and O–H groups in total. The highest BCUT2D eigenvalue weighted by Crippen LogP contribution is 2.36. The largest absolute Gasteiger partial charge is 0.391 e. The topological polar surface area (TPSA) is 29.3 Å². The fourth-order valence-corrected chi connectivity index (χ4v) is 2.18. The lowest BCUT2D eigenvalue weighted by molar-refractivity contribution is -0.185. The summed E-state index contributed by atoms with van der Waals surface area (Å²) in [5.41, 5.74) is 5.67. The Kier molecular flexibility index (Phi) is 4.38. The fraction of sp³-hybridized carbons (Fsp3) is 1.00. The lowest BCUT2D eigenvalue weighted by atomic mass is 9.74. The molecule has 1 heterocycles. The molecule has 5 heteroatoms. The highest BCUT2D eigenvalue weighted by Gasteiger charge is 2.42. The first-order chi connectivity index (χ1) is 7.93. The summed E-state index contributed by atoms with van der Waals surface area (Å²) in [5.74, 6) is -1.12. The maximum Gasteiger partial charge on any atom is 0.391 e. The van der Waals surface area contributed by atoms with Crippen LogP contribution < -0.4 is 5.73 Å². The Labute approximate surface area is 108 Å². The van der Waals surface area contributed by atoms with Crippen molar-refractivity contribution in [3.8, 4) is 0 Å². The number of hydrogen-bond acceptors (Lipinski definition) is 2. The Hall–Kier alpha value is -0.290. The van der Waals surface area contributed by atoms with Gasteiger partial charge in [-0.25, -0.2) is 0 Å². The van der Waals surface area contributed by atoms with Gasteiger partial charge in [-0.2, -0.15) is 13.2 Å². The van der Waals surface area contributed by atoms with E-state index in [0.717, 1.165) is 6.54 Å². The number of rotatable bonds is 3. The van der Waals surface area contributed by atoms with Crippen molar-refractivity contribution in [1.29, 1.82) is 0 Å². The van der Waals surface area contributed by atoms with Crippen LogP contribution in [0.1, 0.15) is 40.5 Å². The van der Waals surface area contributed by atoms with E-state index in [-0.39, 0.29) is 23.8 Å². The van der Waals surface area contributed by atoms with E-state index in [2.05, 4.69) is 18.7 Å². The number of piperidine rings is 1. The van der Waals surface area contributed by atoms with Crippen LogP contribution in [0.15, 0.2) is 0 Å². The molecule has 0 aliphatic carbocycles. The van der Waals surface area contributed by atoms with Crippen LogP contribution in [0.3, 0.4) is 0 Å². The van der Waals surface area contributed by atoms with Crippen molar-refractivity contribution in [3.63, 3.8) is 0 Å². The van der Waals surface area contributed by atoms with Gasteiger partial charge in [0.25, 0.3) is 0 Å². The Morgan fingerprint density at radius 2 is 1.50 bits per heavy atom. The molecular formula is C13H25F3N2. The van der Waals surface area contributed by atoms with Crippen molar-refractivity contribution >= 4 is 0 Å². The summed E-state index contributed by atoms with van der Waals surface area (Å²) in [4.78, 5) is 2.11. The molecule has 1 fully saturated rings. The van der Waals surface area contributed by atoms with Crippen molar-refractivity contribution < 1.29 is 13.2 Å². The Bertz CT molecular complexity index is 271. The second kappa shape index (κ2) is 5.00. The van der Waals surface area contributed by atoms with Gasteiger partial charge in [0.15, 0.2) is 0 Å². The zero-order valence-electron chi connectivity index (χ0n) is 11.8. The average molecular weight is 266 g/mol. The first-order valence-corrected chi connectivity index (χ1v) is 6.51. The number of likely N-dealkylation sites (tertiary alicyclic amines) is 1. The summed E-state index contributed by atoms with van der Waals surface area (Å²) in [6.07, 6.45) is -3.61. The summed E-state index contributed by atoms with van der Waals surface area (Å²) in [6.45, 7) is 9.87. The number of alkyl halides is 3. The van der Waals surface area contributed by atoms with Gasteiger partial charge in [-0.15, -0.1) is 0 Å². The molecule has 0 saturated carbocycles. The van der Waals surface area contributed by atoms with Crippen molar-refractivity contribution in [3.05, 3.63) is 0 Å². The van der Waals surface area contributed by atoms with Crippen molar-refractivity contribution in [1.82, 2.24) is 4.90 Å². The lowest BCUT2D eigenvalue weighted by Crippen LogP contribution is -2.54. The minimum Gasteiger partial charge on any atom is -0.325 e. The zero-order valence-corrected chi connectivity index (χ0v) is 11.8. The van der Waals surface area contributed by atoms with E-state index < -0.39 is 12.1 Å². The summed E-state index contributed by atoms with van der Waals surface area (Å²) in [7, 11) is 0. The maximum absolute atomic E-state index is 12.6. The van der Waals surface area contributed by atoms with Crippen molar-refractivity contribution in [2.75, 3.05) is 19.6 Å². The average Bonchev–Trinajstić information content (AvgIpc) is 2.14. The molecule has 18 heavy (non-hydrogen) atoms. The van der Waals surface area contributed by atoms with E-state index in [0.29, 0.717) is 13.1 Å².